The number of carbonyl (C=O) groups excluding carboxylic acids is 1. The van der Waals surface area contributed by atoms with E-state index in [1.165, 1.54) is 13.1 Å². The summed E-state index contributed by atoms with van der Waals surface area (Å²) in [6.07, 6.45) is 1.21. The predicted octanol–water partition coefficient (Wildman–Crippen LogP) is -0.0905. The standard InChI is InChI=1S/C10H18N4O3S/c1-6(2)12-10(15)8(4)14-18(16,17)9-5-11-13-7(9)3/h5-6,8,14H,1-4H3,(H,11,13)(H,12,15). The van der Waals surface area contributed by atoms with E-state index in [2.05, 4.69) is 20.2 Å². The van der Waals surface area contributed by atoms with Gasteiger partial charge in [0.2, 0.25) is 15.9 Å². The highest BCUT2D eigenvalue weighted by molar-refractivity contribution is 7.89. The third-order valence-corrected chi connectivity index (χ3v) is 3.88. The maximum absolute atomic E-state index is 12.0. The Bertz CT molecular complexity index is 521. The Morgan fingerprint density at radius 1 is 1.39 bits per heavy atom. The summed E-state index contributed by atoms with van der Waals surface area (Å²) in [4.78, 5) is 11.7. The first-order chi connectivity index (χ1) is 8.24. The van der Waals surface area contributed by atoms with Gasteiger partial charge in [0.1, 0.15) is 4.90 Å². The number of nitrogens with zero attached hydrogens (tertiary/aromatic N) is 1. The first-order valence-corrected chi connectivity index (χ1v) is 7.05. The third-order valence-electron chi connectivity index (χ3n) is 2.23. The van der Waals surface area contributed by atoms with Gasteiger partial charge in [-0.2, -0.15) is 9.82 Å². The van der Waals surface area contributed by atoms with Gasteiger partial charge in [0.25, 0.3) is 0 Å². The summed E-state index contributed by atoms with van der Waals surface area (Å²) in [6.45, 7) is 6.70. The molecular weight excluding hydrogens is 256 g/mol. The molecule has 0 aromatic carbocycles. The topological polar surface area (TPSA) is 104 Å². The van der Waals surface area contributed by atoms with Crippen LogP contribution in [0.1, 0.15) is 26.5 Å². The number of sulfonamides is 1. The summed E-state index contributed by atoms with van der Waals surface area (Å²) in [6, 6.07) is -0.883. The maximum atomic E-state index is 12.0. The van der Waals surface area contributed by atoms with Crippen molar-refractivity contribution in [2.24, 2.45) is 0 Å². The number of H-pyrrole nitrogens is 1. The van der Waals surface area contributed by atoms with E-state index in [1.54, 1.807) is 20.8 Å². The van der Waals surface area contributed by atoms with Crippen LogP contribution in [0.5, 0.6) is 0 Å². The summed E-state index contributed by atoms with van der Waals surface area (Å²) in [5, 5.41) is 8.82. The highest BCUT2D eigenvalue weighted by atomic mass is 32.2. The average molecular weight is 274 g/mol. The fourth-order valence-electron chi connectivity index (χ4n) is 1.37. The molecule has 0 aliphatic carbocycles. The Morgan fingerprint density at radius 3 is 2.44 bits per heavy atom. The first-order valence-electron chi connectivity index (χ1n) is 5.56. The molecular formula is C10H18N4O3S. The fourth-order valence-corrected chi connectivity index (χ4v) is 2.71. The van der Waals surface area contributed by atoms with E-state index < -0.39 is 16.1 Å². The van der Waals surface area contributed by atoms with E-state index in [-0.39, 0.29) is 16.8 Å². The molecule has 0 radical (unpaired) electrons. The molecule has 7 nitrogen and oxygen atoms in total. The molecule has 102 valence electrons. The second-order valence-electron chi connectivity index (χ2n) is 4.37. The number of carbonyl (C=O) groups is 1. The lowest BCUT2D eigenvalue weighted by Crippen LogP contribution is -2.46. The maximum Gasteiger partial charge on any atom is 0.244 e. The Hall–Kier alpha value is -1.41. The normalized spacial score (nSPS) is 13.6. The Kier molecular flexibility index (Phi) is 4.47. The van der Waals surface area contributed by atoms with Gasteiger partial charge in [-0.05, 0) is 27.7 Å². The van der Waals surface area contributed by atoms with Crippen LogP contribution in [0.25, 0.3) is 0 Å². The summed E-state index contributed by atoms with van der Waals surface area (Å²) in [7, 11) is -3.73. The van der Waals surface area contributed by atoms with Crippen molar-refractivity contribution in [2.75, 3.05) is 0 Å². The van der Waals surface area contributed by atoms with Crippen molar-refractivity contribution in [3.8, 4) is 0 Å². The van der Waals surface area contributed by atoms with E-state index in [9.17, 15) is 13.2 Å². The van der Waals surface area contributed by atoms with Crippen LogP contribution in [0.3, 0.4) is 0 Å². The lowest BCUT2D eigenvalue weighted by Gasteiger charge is -2.15. The number of aromatic amines is 1. The Labute approximate surface area is 106 Å². The second kappa shape index (κ2) is 5.49. The number of nitrogens with one attached hydrogen (secondary N) is 3. The van der Waals surface area contributed by atoms with Crippen molar-refractivity contribution in [1.82, 2.24) is 20.2 Å². The van der Waals surface area contributed by atoms with Crippen LogP contribution in [-0.2, 0) is 14.8 Å². The van der Waals surface area contributed by atoms with Crippen molar-refractivity contribution >= 4 is 15.9 Å². The minimum atomic E-state index is -3.73. The molecule has 0 saturated heterocycles. The van der Waals surface area contributed by atoms with Crippen LogP contribution in [0.15, 0.2) is 11.1 Å². The van der Waals surface area contributed by atoms with E-state index in [0.717, 1.165) is 0 Å². The Balaban J connectivity index is 2.79. The molecule has 0 aliphatic heterocycles. The minimum Gasteiger partial charge on any atom is -0.353 e. The fraction of sp³-hybridized carbons (Fsp3) is 0.600. The zero-order valence-electron chi connectivity index (χ0n) is 10.8. The smallest absolute Gasteiger partial charge is 0.244 e. The molecule has 0 saturated carbocycles. The van der Waals surface area contributed by atoms with Crippen molar-refractivity contribution in [1.29, 1.82) is 0 Å². The molecule has 1 rings (SSSR count). The van der Waals surface area contributed by atoms with E-state index in [1.807, 2.05) is 0 Å². The van der Waals surface area contributed by atoms with Crippen molar-refractivity contribution < 1.29 is 13.2 Å². The van der Waals surface area contributed by atoms with Crippen molar-refractivity contribution in [3.05, 3.63) is 11.9 Å². The lowest BCUT2D eigenvalue weighted by molar-refractivity contribution is -0.122. The number of aryl methyl sites for hydroxylation is 1. The number of hydrogen-bond acceptors (Lipinski definition) is 4. The highest BCUT2D eigenvalue weighted by Gasteiger charge is 2.24. The van der Waals surface area contributed by atoms with Gasteiger partial charge < -0.3 is 5.32 Å². The number of aromatic nitrogens is 2. The van der Waals surface area contributed by atoms with Gasteiger partial charge in [0, 0.05) is 6.04 Å². The monoisotopic (exact) mass is 274 g/mol. The number of rotatable bonds is 5. The van der Waals surface area contributed by atoms with Crippen LogP contribution in [0.2, 0.25) is 0 Å². The van der Waals surface area contributed by atoms with Gasteiger partial charge in [0.05, 0.1) is 17.9 Å². The second-order valence-corrected chi connectivity index (χ2v) is 6.05. The molecule has 1 aromatic heterocycles. The molecule has 3 N–H and O–H groups in total. The van der Waals surface area contributed by atoms with Gasteiger partial charge in [-0.3, -0.25) is 9.89 Å². The van der Waals surface area contributed by atoms with Gasteiger partial charge in [-0.1, -0.05) is 0 Å². The molecule has 0 spiro atoms. The van der Waals surface area contributed by atoms with Gasteiger partial charge in [-0.15, -0.1) is 0 Å². The molecule has 8 heteroatoms. The van der Waals surface area contributed by atoms with Crippen LogP contribution < -0.4 is 10.0 Å². The SMILES string of the molecule is Cc1[nH]ncc1S(=O)(=O)NC(C)C(=O)NC(C)C. The minimum absolute atomic E-state index is 0.0416. The zero-order chi connectivity index (χ0) is 13.9. The van der Waals surface area contributed by atoms with Crippen LogP contribution in [-0.4, -0.2) is 36.6 Å². The molecule has 0 fully saturated rings. The molecule has 0 bridgehead atoms. The number of hydrogen-bond donors (Lipinski definition) is 3. The molecule has 1 aromatic rings. The lowest BCUT2D eigenvalue weighted by atomic mass is 10.3. The Morgan fingerprint density at radius 2 is 2.00 bits per heavy atom. The quantitative estimate of drug-likeness (QED) is 0.698. The predicted molar refractivity (Wildman–Crippen MR) is 66.4 cm³/mol. The largest absolute Gasteiger partial charge is 0.353 e. The third kappa shape index (κ3) is 3.54. The van der Waals surface area contributed by atoms with Gasteiger partial charge >= 0.3 is 0 Å². The van der Waals surface area contributed by atoms with Gasteiger partial charge in [-0.25, -0.2) is 8.42 Å². The van der Waals surface area contributed by atoms with Crippen LogP contribution >= 0.6 is 0 Å². The summed E-state index contributed by atoms with van der Waals surface area (Å²) in [5.74, 6) is -0.366. The molecule has 1 amide bonds. The molecule has 1 heterocycles. The molecule has 1 atom stereocenters. The summed E-state index contributed by atoms with van der Waals surface area (Å²) < 4.78 is 26.2. The van der Waals surface area contributed by atoms with Crippen molar-refractivity contribution in [3.63, 3.8) is 0 Å². The molecule has 18 heavy (non-hydrogen) atoms. The van der Waals surface area contributed by atoms with E-state index in [4.69, 9.17) is 0 Å². The van der Waals surface area contributed by atoms with Gasteiger partial charge in [0.15, 0.2) is 0 Å². The highest BCUT2D eigenvalue weighted by Crippen LogP contribution is 2.11. The summed E-state index contributed by atoms with van der Waals surface area (Å²) in [5.41, 5.74) is 0.430. The average Bonchev–Trinajstić information content (AvgIpc) is 2.63. The molecule has 0 aliphatic rings. The first kappa shape index (κ1) is 14.7. The summed E-state index contributed by atoms with van der Waals surface area (Å²) >= 11 is 0. The van der Waals surface area contributed by atoms with E-state index in [0.29, 0.717) is 5.69 Å². The molecule has 1 unspecified atom stereocenters. The van der Waals surface area contributed by atoms with Crippen LogP contribution in [0.4, 0.5) is 0 Å². The van der Waals surface area contributed by atoms with E-state index >= 15 is 0 Å². The van der Waals surface area contributed by atoms with Crippen LogP contribution in [0, 0.1) is 6.92 Å². The zero-order valence-corrected chi connectivity index (χ0v) is 11.6. The van der Waals surface area contributed by atoms with Crippen molar-refractivity contribution in [2.45, 2.75) is 44.7 Å². The number of amides is 1.